The van der Waals surface area contributed by atoms with E-state index >= 15 is 0 Å². The molecule has 4 nitrogen and oxygen atoms in total. The zero-order chi connectivity index (χ0) is 20.0. The first-order chi connectivity index (χ1) is 12.8. The number of rotatable bonds is 7. The van der Waals surface area contributed by atoms with Crippen LogP contribution in [-0.2, 0) is 11.0 Å². The lowest BCUT2D eigenvalue weighted by atomic mass is 9.92. The highest BCUT2D eigenvalue weighted by Gasteiger charge is 2.31. The number of likely N-dealkylation sites (N-methyl/N-ethyl adjacent to an activating group) is 1. The molecule has 0 spiro atoms. The zero-order valence-corrected chi connectivity index (χ0v) is 17.5. The SMILES string of the molecule is CCN(CC)C(CNC(=O)[C@H]1CCN[C@@H](C)C1)c1ccc(C(F)(F)F)cc1.Cl. The number of carbonyl (C=O) groups excluding carboxylic acids is 1. The van der Waals surface area contributed by atoms with Crippen molar-refractivity contribution in [1.29, 1.82) is 0 Å². The third-order valence-corrected chi connectivity index (χ3v) is 5.34. The van der Waals surface area contributed by atoms with Crippen LogP contribution in [0, 0.1) is 5.92 Å². The van der Waals surface area contributed by atoms with Gasteiger partial charge in [-0.15, -0.1) is 12.4 Å². The summed E-state index contributed by atoms with van der Waals surface area (Å²) >= 11 is 0. The summed E-state index contributed by atoms with van der Waals surface area (Å²) < 4.78 is 38.5. The highest BCUT2D eigenvalue weighted by Crippen LogP contribution is 2.30. The quantitative estimate of drug-likeness (QED) is 0.699. The smallest absolute Gasteiger partial charge is 0.354 e. The topological polar surface area (TPSA) is 44.4 Å². The van der Waals surface area contributed by atoms with Crippen molar-refractivity contribution in [2.45, 2.75) is 51.9 Å². The standard InChI is InChI=1S/C20H30F3N3O.ClH/c1-4-26(5-2)18(15-6-8-17(9-7-15)20(21,22)23)13-25-19(27)16-10-11-24-14(3)12-16;/h6-9,14,16,18,24H,4-5,10-13H2,1-3H3,(H,25,27);1H/t14-,16-,18?;/m0./s1. The van der Waals surface area contributed by atoms with Crippen LogP contribution in [0.4, 0.5) is 13.2 Å². The number of carbonyl (C=O) groups is 1. The number of hydrogen-bond acceptors (Lipinski definition) is 3. The Morgan fingerprint density at radius 3 is 2.36 bits per heavy atom. The van der Waals surface area contributed by atoms with Crippen LogP contribution in [0.2, 0.25) is 0 Å². The maximum Gasteiger partial charge on any atom is 0.416 e. The van der Waals surface area contributed by atoms with Crippen molar-refractivity contribution in [2.75, 3.05) is 26.2 Å². The molecule has 1 aliphatic heterocycles. The number of halogens is 4. The second-order valence-electron chi connectivity index (χ2n) is 7.18. The Hall–Kier alpha value is -1.31. The van der Waals surface area contributed by atoms with Crippen molar-refractivity contribution in [3.05, 3.63) is 35.4 Å². The minimum Gasteiger partial charge on any atom is -0.354 e. The Morgan fingerprint density at radius 2 is 1.86 bits per heavy atom. The minimum absolute atomic E-state index is 0. The molecule has 1 saturated heterocycles. The Labute approximate surface area is 171 Å². The molecular formula is C20H31ClF3N3O. The number of nitrogens with one attached hydrogen (secondary N) is 2. The Balaban J connectivity index is 0.00000392. The number of piperidine rings is 1. The van der Waals surface area contributed by atoms with Crippen LogP contribution in [0.25, 0.3) is 0 Å². The van der Waals surface area contributed by atoms with E-state index in [1.165, 1.54) is 12.1 Å². The molecule has 160 valence electrons. The molecule has 0 bridgehead atoms. The van der Waals surface area contributed by atoms with Crippen LogP contribution < -0.4 is 10.6 Å². The van der Waals surface area contributed by atoms with E-state index in [0.29, 0.717) is 12.6 Å². The average Bonchev–Trinajstić information content (AvgIpc) is 2.64. The third kappa shape index (κ3) is 6.64. The first kappa shape index (κ1) is 24.7. The van der Waals surface area contributed by atoms with Gasteiger partial charge in [0.1, 0.15) is 0 Å². The van der Waals surface area contributed by atoms with Gasteiger partial charge in [-0.1, -0.05) is 26.0 Å². The average molecular weight is 422 g/mol. The van der Waals surface area contributed by atoms with Gasteiger partial charge in [0.2, 0.25) is 5.91 Å². The van der Waals surface area contributed by atoms with Gasteiger partial charge in [-0.25, -0.2) is 0 Å². The second kappa shape index (κ2) is 11.0. The number of benzene rings is 1. The fourth-order valence-electron chi connectivity index (χ4n) is 3.73. The van der Waals surface area contributed by atoms with Gasteiger partial charge >= 0.3 is 6.18 Å². The molecule has 1 unspecified atom stereocenters. The van der Waals surface area contributed by atoms with E-state index in [1.807, 2.05) is 13.8 Å². The van der Waals surface area contributed by atoms with Crippen LogP contribution in [0.1, 0.15) is 50.8 Å². The third-order valence-electron chi connectivity index (χ3n) is 5.34. The van der Waals surface area contributed by atoms with E-state index in [1.54, 1.807) is 0 Å². The molecule has 8 heteroatoms. The first-order valence-corrected chi connectivity index (χ1v) is 9.68. The van der Waals surface area contributed by atoms with Crippen molar-refractivity contribution in [1.82, 2.24) is 15.5 Å². The second-order valence-corrected chi connectivity index (χ2v) is 7.18. The monoisotopic (exact) mass is 421 g/mol. The summed E-state index contributed by atoms with van der Waals surface area (Å²) in [5.41, 5.74) is 0.128. The Bertz CT molecular complexity index is 606. The molecule has 1 heterocycles. The van der Waals surface area contributed by atoms with Crippen molar-refractivity contribution in [2.24, 2.45) is 5.92 Å². The van der Waals surface area contributed by atoms with Gasteiger partial charge in [0.25, 0.3) is 0 Å². The molecule has 0 radical (unpaired) electrons. The summed E-state index contributed by atoms with van der Waals surface area (Å²) in [7, 11) is 0. The van der Waals surface area contributed by atoms with Gasteiger partial charge in [0, 0.05) is 18.5 Å². The van der Waals surface area contributed by atoms with Crippen LogP contribution in [0.5, 0.6) is 0 Å². The van der Waals surface area contributed by atoms with E-state index in [-0.39, 0.29) is 30.3 Å². The summed E-state index contributed by atoms with van der Waals surface area (Å²) in [6.07, 6.45) is -2.72. The maximum absolute atomic E-state index is 12.8. The highest BCUT2D eigenvalue weighted by atomic mass is 35.5. The molecule has 0 saturated carbocycles. The van der Waals surface area contributed by atoms with Gasteiger partial charge in [0.15, 0.2) is 0 Å². The fraction of sp³-hybridized carbons (Fsp3) is 0.650. The van der Waals surface area contributed by atoms with Gasteiger partial charge in [-0.2, -0.15) is 13.2 Å². The lowest BCUT2D eigenvalue weighted by molar-refractivity contribution is -0.137. The molecule has 1 aromatic rings. The van der Waals surface area contributed by atoms with Gasteiger partial charge in [-0.05, 0) is 57.1 Å². The summed E-state index contributed by atoms with van der Waals surface area (Å²) in [4.78, 5) is 14.7. The predicted octanol–water partition coefficient (Wildman–Crippen LogP) is 4.01. The Morgan fingerprint density at radius 1 is 1.25 bits per heavy atom. The summed E-state index contributed by atoms with van der Waals surface area (Å²) in [5, 5.41) is 6.37. The molecule has 3 atom stereocenters. The molecule has 0 aromatic heterocycles. The molecule has 2 rings (SSSR count). The van der Waals surface area contributed by atoms with E-state index < -0.39 is 11.7 Å². The number of alkyl halides is 3. The predicted molar refractivity (Wildman–Crippen MR) is 108 cm³/mol. The number of nitrogens with zero attached hydrogens (tertiary/aromatic N) is 1. The van der Waals surface area contributed by atoms with Crippen LogP contribution in [0.15, 0.2) is 24.3 Å². The van der Waals surface area contributed by atoms with Gasteiger partial charge in [0.05, 0.1) is 11.6 Å². The van der Waals surface area contributed by atoms with E-state index in [4.69, 9.17) is 0 Å². The first-order valence-electron chi connectivity index (χ1n) is 9.68. The van der Waals surface area contributed by atoms with Crippen molar-refractivity contribution in [3.63, 3.8) is 0 Å². The van der Waals surface area contributed by atoms with Gasteiger partial charge < -0.3 is 10.6 Å². The molecule has 1 aromatic carbocycles. The molecule has 1 fully saturated rings. The molecule has 1 aliphatic rings. The largest absolute Gasteiger partial charge is 0.416 e. The van der Waals surface area contributed by atoms with Crippen molar-refractivity contribution < 1.29 is 18.0 Å². The summed E-state index contributed by atoms with van der Waals surface area (Å²) in [6.45, 7) is 8.82. The summed E-state index contributed by atoms with van der Waals surface area (Å²) in [5.74, 6) is 0.0265. The lowest BCUT2D eigenvalue weighted by Gasteiger charge is -2.32. The van der Waals surface area contributed by atoms with E-state index in [9.17, 15) is 18.0 Å². The molecule has 2 N–H and O–H groups in total. The van der Waals surface area contributed by atoms with Gasteiger partial charge in [-0.3, -0.25) is 9.69 Å². The molecular weight excluding hydrogens is 391 g/mol. The summed E-state index contributed by atoms with van der Waals surface area (Å²) in [6, 6.07) is 5.44. The van der Waals surface area contributed by atoms with E-state index in [0.717, 1.165) is 50.2 Å². The Kier molecular flexibility index (Phi) is 9.74. The van der Waals surface area contributed by atoms with Crippen LogP contribution >= 0.6 is 12.4 Å². The van der Waals surface area contributed by atoms with E-state index in [2.05, 4.69) is 22.5 Å². The zero-order valence-electron chi connectivity index (χ0n) is 16.7. The molecule has 28 heavy (non-hydrogen) atoms. The highest BCUT2D eigenvalue weighted by molar-refractivity contribution is 5.85. The normalized spacial score (nSPS) is 21.1. The van der Waals surface area contributed by atoms with Crippen LogP contribution in [-0.4, -0.2) is 43.0 Å². The van der Waals surface area contributed by atoms with Crippen molar-refractivity contribution in [3.8, 4) is 0 Å². The maximum atomic E-state index is 12.8. The minimum atomic E-state index is -4.34. The lowest BCUT2D eigenvalue weighted by Crippen LogP contribution is -2.44. The number of amides is 1. The van der Waals surface area contributed by atoms with Crippen molar-refractivity contribution >= 4 is 18.3 Å². The fourth-order valence-corrected chi connectivity index (χ4v) is 3.73. The van der Waals surface area contributed by atoms with Crippen LogP contribution in [0.3, 0.4) is 0 Å². The number of hydrogen-bond donors (Lipinski definition) is 2. The molecule has 0 aliphatic carbocycles. The molecule has 1 amide bonds.